The number of thioether (sulfide) groups is 1. The van der Waals surface area contributed by atoms with E-state index in [1.807, 2.05) is 18.3 Å². The van der Waals surface area contributed by atoms with E-state index in [0.29, 0.717) is 11.5 Å². The lowest BCUT2D eigenvalue weighted by molar-refractivity contribution is 0.299. The van der Waals surface area contributed by atoms with Crippen LogP contribution in [-0.4, -0.2) is 17.4 Å². The molecule has 1 aliphatic rings. The topological polar surface area (TPSA) is 44.4 Å². The highest BCUT2D eigenvalue weighted by molar-refractivity contribution is 7.98. The van der Waals surface area contributed by atoms with Crippen molar-refractivity contribution >= 4 is 22.7 Å². The molecule has 1 aliphatic carbocycles. The predicted octanol–water partition coefficient (Wildman–Crippen LogP) is 4.31. The van der Waals surface area contributed by atoms with Crippen molar-refractivity contribution in [2.24, 2.45) is 13.0 Å². The first-order chi connectivity index (χ1) is 11.7. The standard InChI is InChI=1S/C19H19NO3S/c1-20-10-17(16-5-6-22-18(16)19(20)21)13-7-14(9-15(8-13)24-2)23-11-12-3-4-12/h5-10,12H,3-4,11H2,1-2H3. The number of nitrogens with zero attached hydrogens (tertiary/aromatic N) is 1. The van der Waals surface area contributed by atoms with Crippen LogP contribution in [0.2, 0.25) is 0 Å². The summed E-state index contributed by atoms with van der Waals surface area (Å²) in [5.74, 6) is 1.60. The van der Waals surface area contributed by atoms with Crippen LogP contribution < -0.4 is 10.3 Å². The molecule has 2 aromatic heterocycles. The summed E-state index contributed by atoms with van der Waals surface area (Å²) in [7, 11) is 1.75. The lowest BCUT2D eigenvalue weighted by Gasteiger charge is -2.12. The van der Waals surface area contributed by atoms with Crippen LogP contribution >= 0.6 is 11.8 Å². The van der Waals surface area contributed by atoms with Gasteiger partial charge in [-0.25, -0.2) is 0 Å². The molecule has 4 nitrogen and oxygen atoms in total. The van der Waals surface area contributed by atoms with Crippen LogP contribution in [-0.2, 0) is 7.05 Å². The second-order valence-corrected chi connectivity index (χ2v) is 7.15. The zero-order valence-corrected chi connectivity index (χ0v) is 14.6. The first kappa shape index (κ1) is 15.4. The van der Waals surface area contributed by atoms with Crippen LogP contribution in [0.15, 0.2) is 50.8 Å². The Bertz CT molecular complexity index is 953. The van der Waals surface area contributed by atoms with Crippen molar-refractivity contribution in [1.29, 1.82) is 0 Å². The fourth-order valence-electron chi connectivity index (χ4n) is 2.83. The van der Waals surface area contributed by atoms with E-state index in [2.05, 4.69) is 18.4 Å². The van der Waals surface area contributed by atoms with Gasteiger partial charge in [0.1, 0.15) is 5.75 Å². The minimum atomic E-state index is -0.120. The van der Waals surface area contributed by atoms with E-state index >= 15 is 0 Å². The van der Waals surface area contributed by atoms with Gasteiger partial charge < -0.3 is 13.7 Å². The van der Waals surface area contributed by atoms with Crippen molar-refractivity contribution in [3.8, 4) is 16.9 Å². The molecule has 5 heteroatoms. The van der Waals surface area contributed by atoms with Crippen molar-refractivity contribution < 1.29 is 9.15 Å². The monoisotopic (exact) mass is 341 g/mol. The van der Waals surface area contributed by atoms with Crippen molar-refractivity contribution in [3.63, 3.8) is 0 Å². The van der Waals surface area contributed by atoms with E-state index in [1.54, 1.807) is 29.6 Å². The van der Waals surface area contributed by atoms with Crippen LogP contribution in [0, 0.1) is 5.92 Å². The number of aryl methyl sites for hydroxylation is 1. The van der Waals surface area contributed by atoms with E-state index in [9.17, 15) is 4.79 Å². The fraction of sp³-hybridized carbons (Fsp3) is 0.316. The number of benzene rings is 1. The molecule has 24 heavy (non-hydrogen) atoms. The molecule has 0 aliphatic heterocycles. The van der Waals surface area contributed by atoms with E-state index in [-0.39, 0.29) is 5.56 Å². The lowest BCUT2D eigenvalue weighted by Crippen LogP contribution is -2.15. The fourth-order valence-corrected chi connectivity index (χ4v) is 3.30. The summed E-state index contributed by atoms with van der Waals surface area (Å²) in [5.41, 5.74) is 2.29. The lowest BCUT2D eigenvalue weighted by atomic mass is 10.0. The van der Waals surface area contributed by atoms with E-state index < -0.39 is 0 Å². The van der Waals surface area contributed by atoms with Crippen molar-refractivity contribution in [2.75, 3.05) is 12.9 Å². The summed E-state index contributed by atoms with van der Waals surface area (Å²) < 4.78 is 12.9. The maximum atomic E-state index is 12.2. The molecular weight excluding hydrogens is 322 g/mol. The minimum Gasteiger partial charge on any atom is -0.493 e. The third-order valence-corrected chi connectivity index (χ3v) is 5.11. The molecule has 0 atom stereocenters. The summed E-state index contributed by atoms with van der Waals surface area (Å²) in [6.07, 6.45) is 8.03. The van der Waals surface area contributed by atoms with Crippen molar-refractivity contribution in [1.82, 2.24) is 4.57 Å². The van der Waals surface area contributed by atoms with Crippen molar-refractivity contribution in [3.05, 3.63) is 47.1 Å². The first-order valence-corrected chi connectivity index (χ1v) is 9.27. The number of hydrogen-bond donors (Lipinski definition) is 0. The number of furan rings is 1. The van der Waals surface area contributed by atoms with Gasteiger partial charge in [0, 0.05) is 29.1 Å². The van der Waals surface area contributed by atoms with E-state index in [1.165, 1.54) is 12.8 Å². The molecule has 0 radical (unpaired) electrons. The van der Waals surface area contributed by atoms with Crippen LogP contribution in [0.3, 0.4) is 0 Å². The van der Waals surface area contributed by atoms with Gasteiger partial charge in [-0.15, -0.1) is 11.8 Å². The molecule has 1 fully saturated rings. The van der Waals surface area contributed by atoms with E-state index in [4.69, 9.17) is 9.15 Å². The quantitative estimate of drug-likeness (QED) is 0.649. The smallest absolute Gasteiger partial charge is 0.293 e. The third-order valence-electron chi connectivity index (χ3n) is 4.40. The molecule has 0 saturated heterocycles. The Labute approximate surface area is 144 Å². The average Bonchev–Trinajstić information content (AvgIpc) is 3.30. The largest absolute Gasteiger partial charge is 0.493 e. The Morgan fingerprint density at radius 2 is 2.17 bits per heavy atom. The number of rotatable bonds is 5. The van der Waals surface area contributed by atoms with Crippen LogP contribution in [0.5, 0.6) is 5.75 Å². The van der Waals surface area contributed by atoms with Gasteiger partial charge in [0.15, 0.2) is 5.58 Å². The molecule has 2 heterocycles. The summed E-state index contributed by atoms with van der Waals surface area (Å²) in [6, 6.07) is 8.10. The summed E-state index contributed by atoms with van der Waals surface area (Å²) >= 11 is 1.68. The number of pyridine rings is 1. The van der Waals surface area contributed by atoms with Gasteiger partial charge in [-0.05, 0) is 54.8 Å². The molecule has 1 aromatic carbocycles. The Kier molecular flexibility index (Phi) is 3.88. The molecule has 0 N–H and O–H groups in total. The Morgan fingerprint density at radius 1 is 1.33 bits per heavy atom. The maximum Gasteiger partial charge on any atom is 0.293 e. The molecule has 124 valence electrons. The number of ether oxygens (including phenoxy) is 1. The SMILES string of the molecule is CSc1cc(OCC2CC2)cc(-c2cn(C)c(=O)c3occc23)c1. The molecule has 1 saturated carbocycles. The number of hydrogen-bond acceptors (Lipinski definition) is 4. The van der Waals surface area contributed by atoms with Gasteiger partial charge in [0.2, 0.25) is 0 Å². The molecule has 4 rings (SSSR count). The third kappa shape index (κ3) is 2.84. The van der Waals surface area contributed by atoms with Crippen LogP contribution in [0.1, 0.15) is 12.8 Å². The molecule has 0 unspecified atom stereocenters. The zero-order valence-electron chi connectivity index (χ0n) is 13.7. The average molecular weight is 341 g/mol. The van der Waals surface area contributed by atoms with Gasteiger partial charge in [-0.3, -0.25) is 4.79 Å². The Hall–Kier alpha value is -2.14. The highest BCUT2D eigenvalue weighted by Gasteiger charge is 2.22. The molecule has 0 spiro atoms. The first-order valence-electron chi connectivity index (χ1n) is 8.05. The van der Waals surface area contributed by atoms with Crippen LogP contribution in [0.4, 0.5) is 0 Å². The van der Waals surface area contributed by atoms with Gasteiger partial charge >= 0.3 is 0 Å². The Morgan fingerprint density at radius 3 is 2.92 bits per heavy atom. The summed E-state index contributed by atoms with van der Waals surface area (Å²) in [4.78, 5) is 13.3. The molecule has 0 bridgehead atoms. The molecular formula is C19H19NO3S. The van der Waals surface area contributed by atoms with Gasteiger partial charge in [-0.1, -0.05) is 0 Å². The summed E-state index contributed by atoms with van der Waals surface area (Å²) in [5, 5.41) is 0.837. The van der Waals surface area contributed by atoms with Gasteiger partial charge in [-0.2, -0.15) is 0 Å². The van der Waals surface area contributed by atoms with Crippen LogP contribution in [0.25, 0.3) is 22.1 Å². The highest BCUT2D eigenvalue weighted by Crippen LogP contribution is 2.35. The van der Waals surface area contributed by atoms with E-state index in [0.717, 1.165) is 33.8 Å². The summed E-state index contributed by atoms with van der Waals surface area (Å²) in [6.45, 7) is 0.783. The second-order valence-electron chi connectivity index (χ2n) is 6.27. The molecule has 3 aromatic rings. The Balaban J connectivity index is 1.83. The second kappa shape index (κ2) is 6.06. The number of aromatic nitrogens is 1. The van der Waals surface area contributed by atoms with Crippen molar-refractivity contribution in [2.45, 2.75) is 17.7 Å². The van der Waals surface area contributed by atoms with Gasteiger partial charge in [0.05, 0.1) is 12.9 Å². The predicted molar refractivity (Wildman–Crippen MR) is 96.9 cm³/mol. The zero-order chi connectivity index (χ0) is 16.7. The molecule has 0 amide bonds. The normalized spacial score (nSPS) is 14.2. The maximum absolute atomic E-state index is 12.2. The highest BCUT2D eigenvalue weighted by atomic mass is 32.2. The minimum absolute atomic E-state index is 0.120. The number of fused-ring (bicyclic) bond motifs is 1. The van der Waals surface area contributed by atoms with Gasteiger partial charge in [0.25, 0.3) is 5.56 Å².